The summed E-state index contributed by atoms with van der Waals surface area (Å²) in [5.74, 6) is 0.149. The van der Waals surface area contributed by atoms with Crippen molar-refractivity contribution >= 4 is 11.7 Å². The number of nitrogens with zero attached hydrogens (tertiary/aromatic N) is 2. The molecule has 6 heteroatoms. The van der Waals surface area contributed by atoms with Gasteiger partial charge in [0.1, 0.15) is 0 Å². The number of aromatic nitrogens is 1. The van der Waals surface area contributed by atoms with Crippen LogP contribution in [0, 0.1) is 0 Å². The molecule has 0 radical (unpaired) electrons. The third-order valence-corrected chi connectivity index (χ3v) is 4.34. The molecule has 132 valence electrons. The van der Waals surface area contributed by atoms with Gasteiger partial charge in [-0.05, 0) is 5.92 Å². The van der Waals surface area contributed by atoms with Crippen molar-refractivity contribution in [2.24, 2.45) is 0 Å². The number of ketones is 1. The molecule has 1 fully saturated rings. The van der Waals surface area contributed by atoms with Crippen molar-refractivity contribution in [1.29, 1.82) is 0 Å². The van der Waals surface area contributed by atoms with Crippen LogP contribution in [0.4, 0.5) is 0 Å². The van der Waals surface area contributed by atoms with Crippen molar-refractivity contribution in [2.45, 2.75) is 32.2 Å². The third-order valence-electron chi connectivity index (χ3n) is 4.34. The summed E-state index contributed by atoms with van der Waals surface area (Å²) in [6.07, 6.45) is 0.223. The van der Waals surface area contributed by atoms with E-state index >= 15 is 0 Å². The highest BCUT2D eigenvalue weighted by Gasteiger charge is 2.32. The number of benzene rings is 1. The fraction of sp³-hybridized carbons (Fsp3) is 0.421. The fourth-order valence-electron chi connectivity index (χ4n) is 2.85. The maximum Gasteiger partial charge on any atom is 0.292 e. The van der Waals surface area contributed by atoms with Crippen molar-refractivity contribution in [3.8, 4) is 0 Å². The number of carbonyl (C=O) groups is 2. The molecule has 0 bridgehead atoms. The van der Waals surface area contributed by atoms with Crippen molar-refractivity contribution in [3.63, 3.8) is 0 Å². The molecular weight excluding hydrogens is 320 g/mol. The highest BCUT2D eigenvalue weighted by molar-refractivity contribution is 5.97. The maximum absolute atomic E-state index is 12.8. The molecule has 0 spiro atoms. The minimum Gasteiger partial charge on any atom is -0.377 e. The minimum absolute atomic E-state index is 0.00524. The van der Waals surface area contributed by atoms with Gasteiger partial charge in [0.15, 0.2) is 5.78 Å². The van der Waals surface area contributed by atoms with Crippen molar-refractivity contribution in [2.75, 3.05) is 19.8 Å². The van der Waals surface area contributed by atoms with Gasteiger partial charge in [-0.15, -0.1) is 0 Å². The van der Waals surface area contributed by atoms with E-state index in [1.807, 2.05) is 32.0 Å². The van der Waals surface area contributed by atoms with Gasteiger partial charge in [-0.3, -0.25) is 9.59 Å². The summed E-state index contributed by atoms with van der Waals surface area (Å²) in [5.41, 5.74) is 1.38. The Morgan fingerprint density at radius 2 is 2.04 bits per heavy atom. The molecule has 0 unspecified atom stereocenters. The second-order valence-corrected chi connectivity index (χ2v) is 6.49. The van der Waals surface area contributed by atoms with E-state index in [0.717, 1.165) is 5.69 Å². The summed E-state index contributed by atoms with van der Waals surface area (Å²) < 4.78 is 10.7. The molecule has 1 aromatic heterocycles. The molecular formula is C19H22N2O4. The molecule has 1 atom stereocenters. The lowest BCUT2D eigenvalue weighted by Crippen LogP contribution is -2.49. The lowest BCUT2D eigenvalue weighted by atomic mass is 10.0. The van der Waals surface area contributed by atoms with Gasteiger partial charge in [0, 0.05) is 24.6 Å². The van der Waals surface area contributed by atoms with E-state index in [-0.39, 0.29) is 35.8 Å². The van der Waals surface area contributed by atoms with Gasteiger partial charge >= 0.3 is 0 Å². The highest BCUT2D eigenvalue weighted by Crippen LogP contribution is 2.20. The summed E-state index contributed by atoms with van der Waals surface area (Å²) >= 11 is 0. The first kappa shape index (κ1) is 17.4. The zero-order valence-corrected chi connectivity index (χ0v) is 14.5. The van der Waals surface area contributed by atoms with Crippen LogP contribution in [0.15, 0.2) is 40.9 Å². The van der Waals surface area contributed by atoms with E-state index in [1.54, 1.807) is 23.1 Å². The first-order valence-electron chi connectivity index (χ1n) is 8.50. The minimum atomic E-state index is -0.304. The summed E-state index contributed by atoms with van der Waals surface area (Å²) in [6.45, 7) is 5.20. The van der Waals surface area contributed by atoms with Gasteiger partial charge in [-0.25, -0.2) is 0 Å². The van der Waals surface area contributed by atoms with Crippen LogP contribution >= 0.6 is 0 Å². The molecule has 1 aliphatic heterocycles. The van der Waals surface area contributed by atoms with Gasteiger partial charge in [0.25, 0.3) is 5.91 Å². The number of amides is 1. The van der Waals surface area contributed by atoms with E-state index in [4.69, 9.17) is 9.26 Å². The molecule has 2 aromatic rings. The van der Waals surface area contributed by atoms with Crippen LogP contribution in [0.3, 0.4) is 0 Å². The van der Waals surface area contributed by atoms with Crippen LogP contribution in [0.25, 0.3) is 0 Å². The van der Waals surface area contributed by atoms with Gasteiger partial charge in [0.05, 0.1) is 24.9 Å². The number of morpholine rings is 1. The largest absolute Gasteiger partial charge is 0.377 e. The van der Waals surface area contributed by atoms with E-state index < -0.39 is 0 Å². The van der Waals surface area contributed by atoms with E-state index in [2.05, 4.69) is 5.16 Å². The van der Waals surface area contributed by atoms with Gasteiger partial charge in [-0.1, -0.05) is 49.3 Å². The lowest BCUT2D eigenvalue weighted by molar-refractivity contribution is -0.00468. The lowest BCUT2D eigenvalue weighted by Gasteiger charge is -2.34. The second-order valence-electron chi connectivity index (χ2n) is 6.49. The fourth-order valence-corrected chi connectivity index (χ4v) is 2.85. The quantitative estimate of drug-likeness (QED) is 0.781. The molecule has 6 nitrogen and oxygen atoms in total. The van der Waals surface area contributed by atoms with Gasteiger partial charge in [0.2, 0.25) is 5.76 Å². The predicted octanol–water partition coefficient (Wildman–Crippen LogP) is 2.91. The SMILES string of the molecule is CC(C)c1cc(C(=O)N2CCOC[C@H]2CC(=O)c2ccccc2)on1. The molecule has 1 aromatic carbocycles. The van der Waals surface area contributed by atoms with E-state index in [9.17, 15) is 9.59 Å². The van der Waals surface area contributed by atoms with Crippen LogP contribution in [-0.2, 0) is 4.74 Å². The predicted molar refractivity (Wildman–Crippen MR) is 91.6 cm³/mol. The second kappa shape index (κ2) is 7.61. The summed E-state index contributed by atoms with van der Waals surface area (Å²) in [7, 11) is 0. The summed E-state index contributed by atoms with van der Waals surface area (Å²) in [5, 5.41) is 3.94. The molecule has 1 amide bonds. The number of carbonyl (C=O) groups excluding carboxylic acids is 2. The standard InChI is InChI=1S/C19H22N2O4/c1-13(2)16-11-18(25-20-16)19(23)21-8-9-24-12-15(21)10-17(22)14-6-4-3-5-7-14/h3-7,11,13,15H,8-10,12H2,1-2H3/t15-/m1/s1. The van der Waals surface area contributed by atoms with Gasteiger partial charge < -0.3 is 14.2 Å². The Bertz CT molecular complexity index is 739. The normalized spacial score (nSPS) is 17.7. The van der Waals surface area contributed by atoms with Crippen LogP contribution < -0.4 is 0 Å². The molecule has 0 aliphatic carbocycles. The van der Waals surface area contributed by atoms with Crippen LogP contribution in [0.1, 0.15) is 52.8 Å². The molecule has 0 N–H and O–H groups in total. The Morgan fingerprint density at radius 1 is 1.28 bits per heavy atom. The first-order chi connectivity index (χ1) is 12.1. The Labute approximate surface area is 146 Å². The number of hydrogen-bond donors (Lipinski definition) is 0. The molecule has 1 aliphatic rings. The van der Waals surface area contributed by atoms with Crippen molar-refractivity contribution in [1.82, 2.24) is 10.1 Å². The highest BCUT2D eigenvalue weighted by atomic mass is 16.5. The molecule has 3 rings (SSSR count). The molecule has 0 saturated carbocycles. The molecule has 25 heavy (non-hydrogen) atoms. The Balaban J connectivity index is 1.74. The Kier molecular flexibility index (Phi) is 5.28. The average Bonchev–Trinajstić information content (AvgIpc) is 3.13. The number of hydrogen-bond acceptors (Lipinski definition) is 5. The topological polar surface area (TPSA) is 72.6 Å². The molecule has 2 heterocycles. The smallest absolute Gasteiger partial charge is 0.292 e. The van der Waals surface area contributed by atoms with Gasteiger partial charge in [-0.2, -0.15) is 0 Å². The van der Waals surface area contributed by atoms with E-state index in [0.29, 0.717) is 25.3 Å². The van der Waals surface area contributed by atoms with Crippen molar-refractivity contribution in [3.05, 3.63) is 53.4 Å². The summed E-state index contributed by atoms with van der Waals surface area (Å²) in [6, 6.07) is 10.5. The maximum atomic E-state index is 12.8. The Morgan fingerprint density at radius 3 is 2.72 bits per heavy atom. The third kappa shape index (κ3) is 3.96. The zero-order valence-electron chi connectivity index (χ0n) is 14.5. The van der Waals surface area contributed by atoms with E-state index in [1.165, 1.54) is 0 Å². The van der Waals surface area contributed by atoms with Crippen LogP contribution in [-0.4, -0.2) is 47.5 Å². The average molecular weight is 342 g/mol. The number of rotatable bonds is 5. The Hall–Kier alpha value is -2.47. The molecule has 1 saturated heterocycles. The first-order valence-corrected chi connectivity index (χ1v) is 8.50. The van der Waals surface area contributed by atoms with Crippen LogP contribution in [0.2, 0.25) is 0 Å². The summed E-state index contributed by atoms with van der Waals surface area (Å²) in [4.78, 5) is 26.9. The zero-order chi connectivity index (χ0) is 17.8. The number of ether oxygens (including phenoxy) is 1. The van der Waals surface area contributed by atoms with Crippen molar-refractivity contribution < 1.29 is 18.8 Å². The monoisotopic (exact) mass is 342 g/mol. The van der Waals surface area contributed by atoms with Crippen LogP contribution in [0.5, 0.6) is 0 Å². The number of Topliss-reactive ketones (excluding diaryl/α,β-unsaturated/α-hetero) is 1.